The maximum Gasteiger partial charge on any atom is 0.313 e. The van der Waals surface area contributed by atoms with Crippen molar-refractivity contribution in [2.45, 2.75) is 26.7 Å². The first-order valence-corrected chi connectivity index (χ1v) is 9.73. The van der Waals surface area contributed by atoms with Crippen LogP contribution in [0.2, 0.25) is 0 Å². The Morgan fingerprint density at radius 2 is 1.07 bits per heavy atom. The van der Waals surface area contributed by atoms with Gasteiger partial charge in [-0.2, -0.15) is 0 Å². The van der Waals surface area contributed by atoms with E-state index in [1.165, 1.54) is 0 Å². The molecule has 2 atom stereocenters. The summed E-state index contributed by atoms with van der Waals surface area (Å²) in [6.07, 6.45) is 4.62. The summed E-state index contributed by atoms with van der Waals surface area (Å²) in [4.78, 5) is 24.8. The van der Waals surface area contributed by atoms with Gasteiger partial charge in [0.15, 0.2) is 0 Å². The predicted molar refractivity (Wildman–Crippen MR) is 110 cm³/mol. The Labute approximate surface area is 167 Å². The first-order valence-electron chi connectivity index (χ1n) is 9.73. The maximum absolute atomic E-state index is 12.4. The van der Waals surface area contributed by atoms with Gasteiger partial charge in [0.2, 0.25) is 0 Å². The van der Waals surface area contributed by atoms with Gasteiger partial charge in [-0.3, -0.25) is 9.59 Å². The SMILES string of the molecule is CCOC(=O)C(C=CC(Cc1ccccc1)C(=O)OCC)Cc1ccccc1. The van der Waals surface area contributed by atoms with Gasteiger partial charge >= 0.3 is 11.9 Å². The third-order valence-electron chi connectivity index (χ3n) is 4.35. The average Bonchev–Trinajstić information content (AvgIpc) is 2.72. The predicted octanol–water partition coefficient (Wildman–Crippen LogP) is 4.39. The molecule has 148 valence electrons. The topological polar surface area (TPSA) is 52.6 Å². The first-order chi connectivity index (χ1) is 13.6. The summed E-state index contributed by atoms with van der Waals surface area (Å²) in [5, 5.41) is 0. The molecule has 0 heterocycles. The molecule has 2 rings (SSSR count). The van der Waals surface area contributed by atoms with Crippen molar-refractivity contribution >= 4 is 11.9 Å². The van der Waals surface area contributed by atoms with Gasteiger partial charge in [0.1, 0.15) is 0 Å². The Hall–Kier alpha value is -2.88. The quantitative estimate of drug-likeness (QED) is 0.453. The van der Waals surface area contributed by atoms with E-state index in [1.54, 1.807) is 26.0 Å². The molecule has 0 aromatic heterocycles. The van der Waals surface area contributed by atoms with Gasteiger partial charge in [0.25, 0.3) is 0 Å². The summed E-state index contributed by atoms with van der Waals surface area (Å²) in [7, 11) is 0. The smallest absolute Gasteiger partial charge is 0.313 e. The van der Waals surface area contributed by atoms with Crippen LogP contribution >= 0.6 is 0 Å². The highest BCUT2D eigenvalue weighted by atomic mass is 16.5. The lowest BCUT2D eigenvalue weighted by Gasteiger charge is -2.15. The van der Waals surface area contributed by atoms with Crippen LogP contribution in [-0.2, 0) is 31.9 Å². The Bertz CT molecular complexity index is 687. The van der Waals surface area contributed by atoms with Gasteiger partial charge in [-0.1, -0.05) is 72.8 Å². The molecule has 2 aromatic rings. The lowest BCUT2D eigenvalue weighted by molar-refractivity contribution is -0.147. The number of benzene rings is 2. The van der Waals surface area contributed by atoms with Crippen LogP contribution in [0.3, 0.4) is 0 Å². The first kappa shape index (κ1) is 21.4. The molecule has 0 saturated heterocycles. The Morgan fingerprint density at radius 1 is 0.714 bits per heavy atom. The zero-order valence-corrected chi connectivity index (χ0v) is 16.5. The van der Waals surface area contributed by atoms with Crippen molar-refractivity contribution in [2.24, 2.45) is 11.8 Å². The molecule has 0 fully saturated rings. The van der Waals surface area contributed by atoms with E-state index in [-0.39, 0.29) is 11.9 Å². The van der Waals surface area contributed by atoms with Crippen LogP contribution in [0.15, 0.2) is 72.8 Å². The number of ether oxygens (including phenoxy) is 2. The fourth-order valence-electron chi connectivity index (χ4n) is 2.96. The van der Waals surface area contributed by atoms with Crippen LogP contribution in [0, 0.1) is 11.8 Å². The molecule has 0 aliphatic rings. The maximum atomic E-state index is 12.4. The van der Waals surface area contributed by atoms with Crippen LogP contribution in [0.1, 0.15) is 25.0 Å². The van der Waals surface area contributed by atoms with E-state index in [4.69, 9.17) is 9.47 Å². The van der Waals surface area contributed by atoms with Crippen molar-refractivity contribution in [1.29, 1.82) is 0 Å². The molecular formula is C24H28O4. The van der Waals surface area contributed by atoms with Gasteiger partial charge in [0, 0.05) is 0 Å². The zero-order chi connectivity index (χ0) is 20.2. The minimum atomic E-state index is -0.449. The summed E-state index contributed by atoms with van der Waals surface area (Å²) >= 11 is 0. The summed E-state index contributed by atoms with van der Waals surface area (Å²) in [6.45, 7) is 4.22. The van der Waals surface area contributed by atoms with E-state index in [1.807, 2.05) is 60.7 Å². The lowest BCUT2D eigenvalue weighted by atomic mass is 9.94. The van der Waals surface area contributed by atoms with E-state index in [0.29, 0.717) is 26.1 Å². The Balaban J connectivity index is 2.19. The standard InChI is InChI=1S/C24H28O4/c1-3-27-23(25)21(17-19-11-7-5-8-12-19)15-16-22(24(26)28-4-2)18-20-13-9-6-10-14-20/h5-16,21-22H,3-4,17-18H2,1-2H3. The molecule has 2 unspecified atom stereocenters. The van der Waals surface area contributed by atoms with E-state index < -0.39 is 11.8 Å². The summed E-state index contributed by atoms with van der Waals surface area (Å²) < 4.78 is 10.5. The lowest BCUT2D eigenvalue weighted by Crippen LogP contribution is -2.21. The second-order valence-electron chi connectivity index (χ2n) is 6.48. The summed E-state index contributed by atoms with van der Waals surface area (Å²) in [5.41, 5.74) is 2.09. The molecule has 0 aliphatic carbocycles. The van der Waals surface area contributed by atoms with Gasteiger partial charge < -0.3 is 9.47 Å². The minimum Gasteiger partial charge on any atom is -0.466 e. The van der Waals surface area contributed by atoms with Crippen molar-refractivity contribution in [3.05, 3.63) is 83.9 Å². The molecular weight excluding hydrogens is 352 g/mol. The molecule has 0 radical (unpaired) electrons. The highest BCUT2D eigenvalue weighted by Gasteiger charge is 2.21. The fraction of sp³-hybridized carbons (Fsp3) is 0.333. The van der Waals surface area contributed by atoms with Gasteiger partial charge in [0.05, 0.1) is 25.0 Å². The monoisotopic (exact) mass is 380 g/mol. The highest BCUT2D eigenvalue weighted by molar-refractivity contribution is 5.77. The van der Waals surface area contributed by atoms with Crippen LogP contribution in [0.5, 0.6) is 0 Å². The third kappa shape index (κ3) is 7.03. The number of rotatable bonds is 10. The number of hydrogen-bond acceptors (Lipinski definition) is 4. The molecule has 0 amide bonds. The average molecular weight is 380 g/mol. The molecule has 0 spiro atoms. The van der Waals surface area contributed by atoms with Crippen LogP contribution < -0.4 is 0 Å². The van der Waals surface area contributed by atoms with E-state index in [0.717, 1.165) is 11.1 Å². The summed E-state index contributed by atoms with van der Waals surface area (Å²) in [5.74, 6) is -1.47. The fourth-order valence-corrected chi connectivity index (χ4v) is 2.96. The van der Waals surface area contributed by atoms with E-state index in [9.17, 15) is 9.59 Å². The largest absolute Gasteiger partial charge is 0.466 e. The van der Waals surface area contributed by atoms with Gasteiger partial charge in [-0.05, 0) is 37.8 Å². The van der Waals surface area contributed by atoms with Crippen molar-refractivity contribution in [3.8, 4) is 0 Å². The van der Waals surface area contributed by atoms with Crippen molar-refractivity contribution in [1.82, 2.24) is 0 Å². The van der Waals surface area contributed by atoms with E-state index >= 15 is 0 Å². The molecule has 0 saturated carbocycles. The molecule has 4 nitrogen and oxygen atoms in total. The van der Waals surface area contributed by atoms with Crippen molar-refractivity contribution in [2.75, 3.05) is 13.2 Å². The third-order valence-corrected chi connectivity index (χ3v) is 4.35. The molecule has 2 aromatic carbocycles. The van der Waals surface area contributed by atoms with Gasteiger partial charge in [-0.25, -0.2) is 0 Å². The number of esters is 2. The minimum absolute atomic E-state index is 0.287. The number of carbonyl (C=O) groups is 2. The molecule has 0 aliphatic heterocycles. The summed E-state index contributed by atoms with van der Waals surface area (Å²) in [6, 6.07) is 19.6. The Morgan fingerprint density at radius 3 is 1.39 bits per heavy atom. The highest BCUT2D eigenvalue weighted by Crippen LogP contribution is 2.17. The molecule has 0 bridgehead atoms. The van der Waals surface area contributed by atoms with Crippen molar-refractivity contribution < 1.29 is 19.1 Å². The molecule has 4 heteroatoms. The second kappa shape index (κ2) is 11.8. The van der Waals surface area contributed by atoms with E-state index in [2.05, 4.69) is 0 Å². The molecule has 28 heavy (non-hydrogen) atoms. The van der Waals surface area contributed by atoms with Crippen LogP contribution in [0.4, 0.5) is 0 Å². The molecule has 0 N–H and O–H groups in total. The van der Waals surface area contributed by atoms with Crippen LogP contribution in [0.25, 0.3) is 0 Å². The Kier molecular flexibility index (Phi) is 8.99. The van der Waals surface area contributed by atoms with Crippen LogP contribution in [-0.4, -0.2) is 25.2 Å². The zero-order valence-electron chi connectivity index (χ0n) is 16.5. The van der Waals surface area contributed by atoms with Gasteiger partial charge in [-0.15, -0.1) is 0 Å². The number of carbonyl (C=O) groups excluding carboxylic acids is 2. The normalized spacial score (nSPS) is 13.1. The second-order valence-corrected chi connectivity index (χ2v) is 6.48. The van der Waals surface area contributed by atoms with Crippen molar-refractivity contribution in [3.63, 3.8) is 0 Å². The number of hydrogen-bond donors (Lipinski definition) is 0.